The van der Waals surface area contributed by atoms with Crippen LogP contribution in [-0.4, -0.2) is 40.4 Å². The molecule has 1 fully saturated rings. The van der Waals surface area contributed by atoms with Crippen LogP contribution in [0.1, 0.15) is 24.1 Å². The van der Waals surface area contributed by atoms with Gasteiger partial charge < -0.3 is 15.7 Å². The Bertz CT molecular complexity index is 964. The molecule has 4 amide bonds. The molecule has 1 aliphatic rings. The zero-order valence-electron chi connectivity index (χ0n) is 15.4. The van der Waals surface area contributed by atoms with Crippen molar-refractivity contribution in [2.24, 2.45) is 0 Å². The summed E-state index contributed by atoms with van der Waals surface area (Å²) in [5.41, 5.74) is -0.758. The van der Waals surface area contributed by atoms with Crippen molar-refractivity contribution in [3.8, 4) is 0 Å². The number of imide groups is 1. The topological polar surface area (TPSA) is 116 Å². The summed E-state index contributed by atoms with van der Waals surface area (Å²) in [6.07, 6.45) is 0. The molecule has 0 unspecified atom stereocenters. The molecule has 1 saturated heterocycles. The Morgan fingerprint density at radius 2 is 1.76 bits per heavy atom. The van der Waals surface area contributed by atoms with Gasteiger partial charge in [0.05, 0.1) is 0 Å². The summed E-state index contributed by atoms with van der Waals surface area (Å²) in [5.74, 6) is -3.28. The average Bonchev–Trinajstić information content (AvgIpc) is 2.91. The molecule has 29 heavy (non-hydrogen) atoms. The molecule has 1 heterocycles. The minimum absolute atomic E-state index is 0.349. The van der Waals surface area contributed by atoms with E-state index in [1.165, 1.54) is 19.1 Å². The van der Waals surface area contributed by atoms with Crippen molar-refractivity contribution >= 4 is 23.8 Å². The number of hydrogen-bond donors (Lipinski definition) is 3. The first-order valence-corrected chi connectivity index (χ1v) is 8.69. The quantitative estimate of drug-likeness (QED) is 0.637. The van der Waals surface area contributed by atoms with Gasteiger partial charge in [0.15, 0.2) is 6.04 Å². The second kappa shape index (κ2) is 7.70. The van der Waals surface area contributed by atoms with Crippen molar-refractivity contribution in [1.82, 2.24) is 15.5 Å². The molecule has 1 aliphatic heterocycles. The van der Waals surface area contributed by atoms with Gasteiger partial charge in [-0.25, -0.2) is 14.0 Å². The molecule has 0 saturated carbocycles. The first kappa shape index (κ1) is 20.0. The summed E-state index contributed by atoms with van der Waals surface area (Å²) in [6.45, 7) is 0.792. The maximum Gasteiger partial charge on any atom is 0.330 e. The molecule has 8 nitrogen and oxygen atoms in total. The number of urea groups is 1. The highest BCUT2D eigenvalue weighted by Crippen LogP contribution is 2.28. The van der Waals surface area contributed by atoms with E-state index in [0.717, 1.165) is 12.1 Å². The van der Waals surface area contributed by atoms with Gasteiger partial charge in [-0.3, -0.25) is 14.5 Å². The molecule has 0 radical (unpaired) electrons. The highest BCUT2D eigenvalue weighted by Gasteiger charge is 2.49. The Hall–Kier alpha value is -3.75. The Kier molecular flexibility index (Phi) is 5.31. The number of carbonyl (C=O) groups excluding carboxylic acids is 3. The molecule has 3 N–H and O–H groups in total. The van der Waals surface area contributed by atoms with E-state index in [1.807, 2.05) is 0 Å². The molecule has 3 rings (SSSR count). The summed E-state index contributed by atoms with van der Waals surface area (Å²) in [4.78, 5) is 49.7. The number of aliphatic carboxylic acids is 1. The Balaban J connectivity index is 1.75. The third-order valence-electron chi connectivity index (χ3n) is 4.68. The van der Waals surface area contributed by atoms with Crippen molar-refractivity contribution in [3.05, 3.63) is 71.5 Å². The average molecular weight is 399 g/mol. The summed E-state index contributed by atoms with van der Waals surface area (Å²) in [5, 5.41) is 14.2. The first-order valence-electron chi connectivity index (χ1n) is 8.69. The van der Waals surface area contributed by atoms with Gasteiger partial charge in [0.2, 0.25) is 5.91 Å². The van der Waals surface area contributed by atoms with Crippen LogP contribution in [0.5, 0.6) is 0 Å². The van der Waals surface area contributed by atoms with Gasteiger partial charge in [-0.1, -0.05) is 42.5 Å². The third-order valence-corrected chi connectivity index (χ3v) is 4.68. The smallest absolute Gasteiger partial charge is 0.330 e. The largest absolute Gasteiger partial charge is 0.479 e. The standard InChI is InChI=1S/C20H18FN3O5/c1-20(13-7-9-14(21)10-8-13)18(28)24(19(29)23-20)11-15(25)22-16(17(26)27)12-5-3-2-4-6-12/h2-10,16H,11H2,1H3,(H,22,25)(H,23,29)(H,26,27)/t16-,20+/m1/s1. The number of rotatable bonds is 6. The summed E-state index contributed by atoms with van der Waals surface area (Å²) in [7, 11) is 0. The van der Waals surface area contributed by atoms with E-state index < -0.39 is 47.8 Å². The monoisotopic (exact) mass is 399 g/mol. The molecule has 2 aromatic carbocycles. The lowest BCUT2D eigenvalue weighted by Gasteiger charge is -2.22. The second-order valence-corrected chi connectivity index (χ2v) is 6.70. The van der Waals surface area contributed by atoms with E-state index in [1.54, 1.807) is 30.3 Å². The molecule has 2 atom stereocenters. The second-order valence-electron chi connectivity index (χ2n) is 6.70. The molecule has 2 aromatic rings. The number of nitrogens with one attached hydrogen (secondary N) is 2. The summed E-state index contributed by atoms with van der Waals surface area (Å²) >= 11 is 0. The van der Waals surface area contributed by atoms with E-state index in [4.69, 9.17) is 0 Å². The van der Waals surface area contributed by atoms with Crippen LogP contribution < -0.4 is 10.6 Å². The van der Waals surface area contributed by atoms with Crippen LogP contribution in [0.4, 0.5) is 9.18 Å². The summed E-state index contributed by atoms with van der Waals surface area (Å²) in [6, 6.07) is 11.0. The van der Waals surface area contributed by atoms with E-state index >= 15 is 0 Å². The van der Waals surface area contributed by atoms with E-state index in [9.17, 15) is 28.7 Å². The lowest BCUT2D eigenvalue weighted by atomic mass is 9.92. The Morgan fingerprint density at radius 1 is 1.14 bits per heavy atom. The predicted octanol–water partition coefficient (Wildman–Crippen LogP) is 1.53. The van der Waals surface area contributed by atoms with E-state index in [-0.39, 0.29) is 0 Å². The SMILES string of the molecule is C[C@@]1(c2ccc(F)cc2)NC(=O)N(CC(=O)N[C@@H](C(=O)O)c2ccccc2)C1=O. The van der Waals surface area contributed by atoms with Crippen LogP contribution in [0.25, 0.3) is 0 Å². The normalized spacial score (nSPS) is 19.6. The van der Waals surface area contributed by atoms with Gasteiger partial charge in [-0.05, 0) is 30.2 Å². The fourth-order valence-corrected chi connectivity index (χ4v) is 3.10. The van der Waals surface area contributed by atoms with Crippen LogP contribution in [0.2, 0.25) is 0 Å². The lowest BCUT2D eigenvalue weighted by molar-refractivity contribution is -0.142. The molecule has 9 heteroatoms. The van der Waals surface area contributed by atoms with Crippen molar-refractivity contribution in [3.63, 3.8) is 0 Å². The van der Waals surface area contributed by atoms with Crippen LogP contribution >= 0.6 is 0 Å². The van der Waals surface area contributed by atoms with E-state index in [0.29, 0.717) is 16.0 Å². The highest BCUT2D eigenvalue weighted by molar-refractivity contribution is 6.09. The molecule has 150 valence electrons. The number of carbonyl (C=O) groups is 4. The van der Waals surface area contributed by atoms with Crippen molar-refractivity contribution in [2.45, 2.75) is 18.5 Å². The zero-order chi connectivity index (χ0) is 21.2. The number of halogens is 1. The Labute approximate surface area is 165 Å². The van der Waals surface area contributed by atoms with Gasteiger partial charge in [0.25, 0.3) is 5.91 Å². The van der Waals surface area contributed by atoms with Crippen LogP contribution in [0.3, 0.4) is 0 Å². The van der Waals surface area contributed by atoms with Gasteiger partial charge in [-0.2, -0.15) is 0 Å². The highest BCUT2D eigenvalue weighted by atomic mass is 19.1. The van der Waals surface area contributed by atoms with E-state index in [2.05, 4.69) is 10.6 Å². The predicted molar refractivity (Wildman–Crippen MR) is 99.0 cm³/mol. The van der Waals surface area contributed by atoms with Gasteiger partial charge in [0, 0.05) is 0 Å². The van der Waals surface area contributed by atoms with Gasteiger partial charge >= 0.3 is 12.0 Å². The summed E-state index contributed by atoms with van der Waals surface area (Å²) < 4.78 is 13.2. The maximum atomic E-state index is 13.2. The number of nitrogens with zero attached hydrogens (tertiary/aromatic N) is 1. The third kappa shape index (κ3) is 3.93. The zero-order valence-corrected chi connectivity index (χ0v) is 15.4. The van der Waals surface area contributed by atoms with Crippen LogP contribution in [0, 0.1) is 5.82 Å². The van der Waals surface area contributed by atoms with Gasteiger partial charge in [0.1, 0.15) is 17.9 Å². The molecule has 0 bridgehead atoms. The minimum atomic E-state index is -1.46. The van der Waals surface area contributed by atoms with Crippen molar-refractivity contribution in [1.29, 1.82) is 0 Å². The minimum Gasteiger partial charge on any atom is -0.479 e. The van der Waals surface area contributed by atoms with Gasteiger partial charge in [-0.15, -0.1) is 0 Å². The number of carboxylic acids is 1. The van der Waals surface area contributed by atoms with Crippen molar-refractivity contribution in [2.75, 3.05) is 6.54 Å². The number of benzene rings is 2. The first-order chi connectivity index (χ1) is 13.7. The number of amides is 4. The molecule has 0 aromatic heterocycles. The van der Waals surface area contributed by atoms with Crippen molar-refractivity contribution < 1.29 is 28.7 Å². The number of hydrogen-bond acceptors (Lipinski definition) is 4. The molecule has 0 aliphatic carbocycles. The van der Waals surface area contributed by atoms with Crippen LogP contribution in [-0.2, 0) is 19.9 Å². The molecule has 0 spiro atoms. The fourth-order valence-electron chi connectivity index (χ4n) is 3.10. The number of carboxylic acid groups (broad SMARTS) is 1. The molecular formula is C20H18FN3O5. The fraction of sp³-hybridized carbons (Fsp3) is 0.200. The maximum absolute atomic E-state index is 13.2. The Morgan fingerprint density at radius 3 is 2.34 bits per heavy atom. The van der Waals surface area contributed by atoms with Crippen LogP contribution in [0.15, 0.2) is 54.6 Å². The lowest BCUT2D eigenvalue weighted by Crippen LogP contribution is -2.44. The molecular weight excluding hydrogens is 381 g/mol.